The van der Waals surface area contributed by atoms with Gasteiger partial charge in [0.15, 0.2) is 0 Å². The van der Waals surface area contributed by atoms with Crippen LogP contribution in [0.25, 0.3) is 0 Å². The second-order valence-corrected chi connectivity index (χ2v) is 5.78. The van der Waals surface area contributed by atoms with Gasteiger partial charge in [-0.05, 0) is 29.3 Å². The average Bonchev–Trinajstić information content (AvgIpc) is 2.61. The number of carbonyl (C=O) groups is 2. The predicted molar refractivity (Wildman–Crippen MR) is 93.7 cm³/mol. The highest BCUT2D eigenvalue weighted by Gasteiger charge is 2.22. The van der Waals surface area contributed by atoms with Crippen LogP contribution >= 0.6 is 0 Å². The van der Waals surface area contributed by atoms with Crippen molar-refractivity contribution in [1.82, 2.24) is 5.32 Å². The maximum absolute atomic E-state index is 12.4. The van der Waals surface area contributed by atoms with Crippen LogP contribution in [-0.4, -0.2) is 23.0 Å². The van der Waals surface area contributed by atoms with E-state index in [9.17, 15) is 19.8 Å². The first-order chi connectivity index (χ1) is 12.4. The van der Waals surface area contributed by atoms with Crippen molar-refractivity contribution in [2.45, 2.75) is 26.0 Å². The molecule has 2 rings (SSSR count). The molecule has 6 heteroatoms. The van der Waals surface area contributed by atoms with E-state index in [0.717, 1.165) is 17.2 Å². The Morgan fingerprint density at radius 3 is 2.38 bits per heavy atom. The average molecular weight is 354 g/mol. The zero-order valence-electron chi connectivity index (χ0n) is 14.3. The summed E-state index contributed by atoms with van der Waals surface area (Å²) in [6, 6.07) is 14.5. The Morgan fingerprint density at radius 2 is 1.77 bits per heavy atom. The summed E-state index contributed by atoms with van der Waals surface area (Å²) in [5.74, 6) is -1.57. The van der Waals surface area contributed by atoms with Gasteiger partial charge in [0.2, 0.25) is 5.91 Å². The highest BCUT2D eigenvalue weighted by atomic mass is 16.5. The summed E-state index contributed by atoms with van der Waals surface area (Å²) in [5.41, 5.74) is 1.55. The van der Waals surface area contributed by atoms with Crippen molar-refractivity contribution in [2.24, 2.45) is 0 Å². The fourth-order valence-electron chi connectivity index (χ4n) is 2.29. The van der Waals surface area contributed by atoms with Crippen molar-refractivity contribution in [2.75, 3.05) is 0 Å². The van der Waals surface area contributed by atoms with Gasteiger partial charge in [-0.2, -0.15) is 0 Å². The van der Waals surface area contributed by atoms with Crippen molar-refractivity contribution in [1.29, 1.82) is 0 Å². The molecule has 0 fully saturated rings. The van der Waals surface area contributed by atoms with E-state index >= 15 is 0 Å². The molecule has 2 aromatic rings. The van der Waals surface area contributed by atoms with Crippen molar-refractivity contribution < 1.29 is 24.5 Å². The van der Waals surface area contributed by atoms with Gasteiger partial charge >= 0.3 is 5.97 Å². The highest BCUT2D eigenvalue weighted by molar-refractivity contribution is 5.91. The van der Waals surface area contributed by atoms with E-state index in [-0.39, 0.29) is 18.8 Å². The van der Waals surface area contributed by atoms with Gasteiger partial charge in [-0.15, -0.1) is 5.76 Å². The number of hydrogen-bond acceptors (Lipinski definition) is 5. The number of rotatable bonds is 7. The molecular formula is C20H20NO5-. The van der Waals surface area contributed by atoms with E-state index < -0.39 is 23.7 Å². The summed E-state index contributed by atoms with van der Waals surface area (Å²) >= 11 is 0. The third kappa shape index (κ3) is 6.32. The monoisotopic (exact) mass is 354 g/mol. The standard InChI is InChI=1S/C20H21NO5/c1-14(22)11-19(24)21-18(12-15-7-9-17(23)10-8-15)20(25)26-13-16-5-3-2-4-6-16/h2-11,18,22-23H,12-13H2,1H3,(H,21,24)/p-1/b14-11+. The zero-order valence-corrected chi connectivity index (χ0v) is 14.3. The summed E-state index contributed by atoms with van der Waals surface area (Å²) < 4.78 is 5.29. The Labute approximate surface area is 151 Å². The molecular weight excluding hydrogens is 334 g/mol. The molecule has 0 aromatic heterocycles. The number of phenols is 1. The molecule has 0 aliphatic rings. The lowest BCUT2D eigenvalue weighted by atomic mass is 10.1. The minimum atomic E-state index is -0.952. The van der Waals surface area contributed by atoms with E-state index in [4.69, 9.17) is 4.74 Å². The summed E-state index contributed by atoms with van der Waals surface area (Å²) in [5, 5.41) is 22.9. The zero-order chi connectivity index (χ0) is 18.9. The van der Waals surface area contributed by atoms with Gasteiger partial charge in [-0.3, -0.25) is 4.79 Å². The molecule has 0 aliphatic heterocycles. The minimum absolute atomic E-state index is 0.0814. The number of hydrogen-bond donors (Lipinski definition) is 2. The topological polar surface area (TPSA) is 98.7 Å². The number of carbonyl (C=O) groups excluding carboxylic acids is 2. The Kier molecular flexibility index (Phi) is 6.79. The third-order valence-corrected chi connectivity index (χ3v) is 3.54. The van der Waals surface area contributed by atoms with Crippen LogP contribution < -0.4 is 10.4 Å². The van der Waals surface area contributed by atoms with Crippen LogP contribution in [0, 0.1) is 0 Å². The van der Waals surface area contributed by atoms with Gasteiger partial charge in [0, 0.05) is 6.42 Å². The molecule has 26 heavy (non-hydrogen) atoms. The first-order valence-electron chi connectivity index (χ1n) is 8.08. The number of aromatic hydroxyl groups is 1. The molecule has 0 spiro atoms. The number of allylic oxidation sites excluding steroid dienone is 1. The summed E-state index contributed by atoms with van der Waals surface area (Å²) in [4.78, 5) is 24.3. The maximum atomic E-state index is 12.4. The molecule has 0 radical (unpaired) electrons. The fourth-order valence-corrected chi connectivity index (χ4v) is 2.29. The van der Waals surface area contributed by atoms with Gasteiger partial charge in [-0.1, -0.05) is 49.4 Å². The largest absolute Gasteiger partial charge is 0.875 e. The molecule has 0 bridgehead atoms. The first kappa shape index (κ1) is 19.1. The molecule has 136 valence electrons. The molecule has 0 aliphatic carbocycles. The van der Waals surface area contributed by atoms with Crippen LogP contribution in [0.2, 0.25) is 0 Å². The number of ether oxygens (including phenoxy) is 1. The molecule has 1 amide bonds. The lowest BCUT2D eigenvalue weighted by molar-refractivity contribution is -0.301. The molecule has 6 nitrogen and oxygen atoms in total. The Bertz CT molecular complexity index is 765. The van der Waals surface area contributed by atoms with Crippen LogP contribution in [0.3, 0.4) is 0 Å². The van der Waals surface area contributed by atoms with Gasteiger partial charge in [-0.25, -0.2) is 4.79 Å². The molecule has 0 heterocycles. The fraction of sp³-hybridized carbons (Fsp3) is 0.200. The number of benzene rings is 2. The maximum Gasteiger partial charge on any atom is 0.329 e. The van der Waals surface area contributed by atoms with Crippen molar-refractivity contribution in [3.63, 3.8) is 0 Å². The Morgan fingerprint density at radius 1 is 1.12 bits per heavy atom. The Balaban J connectivity index is 2.07. The van der Waals surface area contributed by atoms with E-state index in [1.54, 1.807) is 12.1 Å². The van der Waals surface area contributed by atoms with Crippen LogP contribution in [-0.2, 0) is 27.4 Å². The number of esters is 1. The molecule has 0 saturated carbocycles. The predicted octanol–water partition coefficient (Wildman–Crippen LogP) is 1.43. The number of phenolic OH excluding ortho intramolecular Hbond substituents is 1. The lowest BCUT2D eigenvalue weighted by Gasteiger charge is -2.18. The van der Waals surface area contributed by atoms with E-state index in [1.807, 2.05) is 30.3 Å². The molecule has 1 atom stereocenters. The summed E-state index contributed by atoms with van der Waals surface area (Å²) in [6.45, 7) is 1.33. The second-order valence-electron chi connectivity index (χ2n) is 5.78. The van der Waals surface area contributed by atoms with Gasteiger partial charge < -0.3 is 20.3 Å². The van der Waals surface area contributed by atoms with E-state index in [0.29, 0.717) is 0 Å². The van der Waals surface area contributed by atoms with E-state index in [2.05, 4.69) is 5.32 Å². The number of amides is 1. The summed E-state index contributed by atoms with van der Waals surface area (Å²) in [6.07, 6.45) is 1.06. The van der Waals surface area contributed by atoms with Crippen LogP contribution in [0.1, 0.15) is 18.1 Å². The van der Waals surface area contributed by atoms with Crippen LogP contribution in [0.4, 0.5) is 0 Å². The normalized spacial score (nSPS) is 12.3. The molecule has 1 unspecified atom stereocenters. The van der Waals surface area contributed by atoms with Gasteiger partial charge in [0.25, 0.3) is 0 Å². The minimum Gasteiger partial charge on any atom is -0.875 e. The quantitative estimate of drug-likeness (QED) is 0.445. The van der Waals surface area contributed by atoms with Gasteiger partial charge in [0.1, 0.15) is 18.4 Å². The number of nitrogens with one attached hydrogen (secondary N) is 1. The van der Waals surface area contributed by atoms with Gasteiger partial charge in [0.05, 0.1) is 0 Å². The van der Waals surface area contributed by atoms with E-state index in [1.165, 1.54) is 19.1 Å². The first-order valence-corrected chi connectivity index (χ1v) is 8.08. The highest BCUT2D eigenvalue weighted by Crippen LogP contribution is 2.12. The second kappa shape index (κ2) is 9.27. The Hall–Kier alpha value is -3.28. The molecule has 2 N–H and O–H groups in total. The van der Waals surface area contributed by atoms with Crippen LogP contribution in [0.5, 0.6) is 5.75 Å². The van der Waals surface area contributed by atoms with Crippen molar-refractivity contribution >= 4 is 11.9 Å². The molecule has 2 aromatic carbocycles. The smallest absolute Gasteiger partial charge is 0.329 e. The lowest BCUT2D eigenvalue weighted by Crippen LogP contribution is -2.43. The third-order valence-electron chi connectivity index (χ3n) is 3.54. The van der Waals surface area contributed by atoms with Crippen LogP contribution in [0.15, 0.2) is 66.4 Å². The van der Waals surface area contributed by atoms with Crippen molar-refractivity contribution in [3.05, 3.63) is 77.6 Å². The SMILES string of the molecule is C/C([O-])=C\C(=O)NC(Cc1ccc(O)cc1)C(=O)OCc1ccccc1. The van der Waals surface area contributed by atoms with Crippen molar-refractivity contribution in [3.8, 4) is 5.75 Å². The summed E-state index contributed by atoms with van der Waals surface area (Å²) in [7, 11) is 0. The molecule has 0 saturated heterocycles.